The quantitative estimate of drug-likeness (QED) is 0.457. The Hall–Kier alpha value is -3.11. The van der Waals surface area contributed by atoms with Crippen molar-refractivity contribution < 1.29 is 14.5 Å². The topological polar surface area (TPSA) is 103 Å². The number of hydrogen-bond acceptors (Lipinski definition) is 7. The van der Waals surface area contributed by atoms with E-state index >= 15 is 0 Å². The fourth-order valence-corrected chi connectivity index (χ4v) is 6.82. The van der Waals surface area contributed by atoms with Crippen LogP contribution in [-0.2, 0) is 11.3 Å². The van der Waals surface area contributed by atoms with Gasteiger partial charge in [-0.2, -0.15) is 0 Å². The zero-order chi connectivity index (χ0) is 22.4. The minimum Gasteiger partial charge on any atom is -0.493 e. The summed E-state index contributed by atoms with van der Waals surface area (Å²) in [7, 11) is 0. The molecule has 2 atom stereocenters. The Morgan fingerprint density at radius 3 is 2.81 bits per heavy atom. The number of nitro groups is 1. The Bertz CT molecular complexity index is 1280. The van der Waals surface area contributed by atoms with Crippen molar-refractivity contribution >= 4 is 40.4 Å². The molecule has 0 saturated carbocycles. The van der Waals surface area contributed by atoms with E-state index in [0.717, 1.165) is 32.4 Å². The molecule has 0 radical (unpaired) electrons. The second-order valence-electron chi connectivity index (χ2n) is 7.88. The van der Waals surface area contributed by atoms with Crippen LogP contribution in [0.4, 0.5) is 11.4 Å². The lowest BCUT2D eigenvalue weighted by atomic mass is 9.83. The highest BCUT2D eigenvalue weighted by Crippen LogP contribution is 2.51. The number of aromatic nitrogens is 1. The van der Waals surface area contributed by atoms with Crippen molar-refractivity contribution in [1.29, 1.82) is 0 Å². The molecule has 0 aliphatic carbocycles. The Kier molecular flexibility index (Phi) is 5.26. The molecule has 0 bridgehead atoms. The lowest BCUT2D eigenvalue weighted by Gasteiger charge is -2.36. The third-order valence-electron chi connectivity index (χ3n) is 5.69. The van der Waals surface area contributed by atoms with Crippen LogP contribution < -0.4 is 14.9 Å². The zero-order valence-electron chi connectivity index (χ0n) is 17.1. The van der Waals surface area contributed by atoms with Gasteiger partial charge in [-0.15, -0.1) is 11.8 Å². The summed E-state index contributed by atoms with van der Waals surface area (Å²) in [4.78, 5) is 37.0. The standard InChI is InChI=1S/C22H19N3O5S2/c1-12-2-4-14(5-3-12)23-18(26)9-24-21-20(32-22(24)27)19-13(11-31-21)10-30-17-7-6-15(25(28)29)8-16(17)19/h2-8,13,19H,9-11H2,1H3,(H,23,26)/t13-,19+/m0/s1. The molecule has 5 rings (SSSR count). The van der Waals surface area contributed by atoms with Crippen LogP contribution in [0.3, 0.4) is 0 Å². The molecule has 3 aromatic rings. The SMILES string of the molecule is Cc1ccc(NC(=O)Cn2c3c(sc2=O)[C@H]2c4cc([N+](=O)[O-])ccc4OC[C@H]2CS3)cc1. The van der Waals surface area contributed by atoms with Gasteiger partial charge in [-0.3, -0.25) is 24.3 Å². The van der Waals surface area contributed by atoms with Crippen molar-refractivity contribution in [3.8, 4) is 5.75 Å². The molecule has 2 aliphatic heterocycles. The molecule has 164 valence electrons. The number of thiazole rings is 1. The van der Waals surface area contributed by atoms with Crippen LogP contribution in [0.15, 0.2) is 52.3 Å². The third-order valence-corrected chi connectivity index (χ3v) is 8.19. The fourth-order valence-electron chi connectivity index (χ4n) is 4.13. The molecule has 0 unspecified atom stereocenters. The number of rotatable bonds is 4. The first-order valence-electron chi connectivity index (χ1n) is 10.0. The van der Waals surface area contributed by atoms with E-state index < -0.39 is 4.92 Å². The number of nitro benzene ring substituents is 1. The average Bonchev–Trinajstić information content (AvgIpc) is 3.09. The maximum absolute atomic E-state index is 12.8. The summed E-state index contributed by atoms with van der Waals surface area (Å²) in [6.45, 7) is 2.37. The first kappa shape index (κ1) is 20.8. The van der Waals surface area contributed by atoms with Gasteiger partial charge in [0.2, 0.25) is 5.91 Å². The van der Waals surface area contributed by atoms with Gasteiger partial charge in [0.1, 0.15) is 12.3 Å². The van der Waals surface area contributed by atoms with Crippen molar-refractivity contribution in [2.45, 2.75) is 24.4 Å². The molecule has 1 amide bonds. The number of non-ortho nitro benzene ring substituents is 1. The monoisotopic (exact) mass is 469 g/mol. The molecule has 2 aromatic carbocycles. The van der Waals surface area contributed by atoms with E-state index in [1.807, 2.05) is 31.2 Å². The van der Waals surface area contributed by atoms with Gasteiger partial charge in [0.15, 0.2) is 0 Å². The Morgan fingerprint density at radius 2 is 2.06 bits per heavy atom. The Morgan fingerprint density at radius 1 is 1.28 bits per heavy atom. The maximum Gasteiger partial charge on any atom is 0.308 e. The molecule has 0 spiro atoms. The molecule has 8 nitrogen and oxygen atoms in total. The van der Waals surface area contributed by atoms with Crippen molar-refractivity contribution in [3.63, 3.8) is 0 Å². The number of amides is 1. The first-order valence-corrected chi connectivity index (χ1v) is 11.8. The van der Waals surface area contributed by atoms with E-state index in [1.54, 1.807) is 12.1 Å². The van der Waals surface area contributed by atoms with Crippen molar-refractivity contribution in [2.75, 3.05) is 17.7 Å². The highest BCUT2D eigenvalue weighted by molar-refractivity contribution is 7.99. The number of thioether (sulfide) groups is 1. The van der Waals surface area contributed by atoms with Crippen molar-refractivity contribution in [3.05, 3.63) is 78.3 Å². The number of aryl methyl sites for hydroxylation is 1. The normalized spacial score (nSPS) is 18.7. The number of nitrogens with one attached hydrogen (secondary N) is 1. The fraction of sp³-hybridized carbons (Fsp3) is 0.273. The summed E-state index contributed by atoms with van der Waals surface area (Å²) in [6, 6.07) is 12.1. The molecule has 3 heterocycles. The van der Waals surface area contributed by atoms with Gasteiger partial charge >= 0.3 is 4.87 Å². The van der Waals surface area contributed by atoms with Crippen LogP contribution in [0, 0.1) is 23.0 Å². The van der Waals surface area contributed by atoms with Gasteiger partial charge < -0.3 is 10.1 Å². The third kappa shape index (κ3) is 3.69. The summed E-state index contributed by atoms with van der Waals surface area (Å²) in [5, 5.41) is 14.9. The molecule has 1 N–H and O–H groups in total. The highest BCUT2D eigenvalue weighted by atomic mass is 32.2. The van der Waals surface area contributed by atoms with Gasteiger partial charge in [0.25, 0.3) is 5.69 Å². The number of carbonyl (C=O) groups is 1. The number of ether oxygens (including phenoxy) is 1. The average molecular weight is 470 g/mol. The molecular formula is C22H19N3O5S2. The summed E-state index contributed by atoms with van der Waals surface area (Å²) in [6.07, 6.45) is 0. The van der Waals surface area contributed by atoms with Crippen molar-refractivity contribution in [1.82, 2.24) is 4.57 Å². The van der Waals surface area contributed by atoms with Gasteiger partial charge in [-0.1, -0.05) is 29.0 Å². The number of carbonyl (C=O) groups excluding carboxylic acids is 1. The predicted octanol–water partition coefficient (Wildman–Crippen LogP) is 4.01. The van der Waals surface area contributed by atoms with E-state index in [9.17, 15) is 19.7 Å². The zero-order valence-corrected chi connectivity index (χ0v) is 18.7. The summed E-state index contributed by atoms with van der Waals surface area (Å²) < 4.78 is 7.35. The van der Waals surface area contributed by atoms with E-state index in [1.165, 1.54) is 22.4 Å². The number of benzene rings is 2. The number of hydrogen-bond donors (Lipinski definition) is 1. The number of nitrogens with zero attached hydrogens (tertiary/aromatic N) is 2. The van der Waals surface area contributed by atoms with Gasteiger partial charge in [0, 0.05) is 45.8 Å². The minimum atomic E-state index is -0.425. The van der Waals surface area contributed by atoms with E-state index in [4.69, 9.17) is 4.74 Å². The van der Waals surface area contributed by atoms with Gasteiger partial charge in [0.05, 0.1) is 16.6 Å². The molecule has 32 heavy (non-hydrogen) atoms. The first-order chi connectivity index (χ1) is 15.4. The molecular weight excluding hydrogens is 450 g/mol. The summed E-state index contributed by atoms with van der Waals surface area (Å²) in [5.41, 5.74) is 2.50. The smallest absolute Gasteiger partial charge is 0.308 e. The Labute approximate surface area is 191 Å². The summed E-state index contributed by atoms with van der Waals surface area (Å²) in [5.74, 6) is 0.987. The predicted molar refractivity (Wildman–Crippen MR) is 123 cm³/mol. The van der Waals surface area contributed by atoms with E-state index in [-0.39, 0.29) is 34.8 Å². The Balaban J connectivity index is 1.47. The van der Waals surface area contributed by atoms with Crippen LogP contribution in [0.2, 0.25) is 0 Å². The largest absolute Gasteiger partial charge is 0.493 e. The van der Waals surface area contributed by atoms with E-state index in [2.05, 4.69) is 5.32 Å². The minimum absolute atomic E-state index is 0.00275. The van der Waals surface area contributed by atoms with E-state index in [0.29, 0.717) is 23.8 Å². The van der Waals surface area contributed by atoms with Crippen molar-refractivity contribution in [2.24, 2.45) is 5.92 Å². The lowest BCUT2D eigenvalue weighted by Crippen LogP contribution is -2.31. The maximum atomic E-state index is 12.8. The second kappa shape index (κ2) is 8.10. The van der Waals surface area contributed by atoms with Gasteiger partial charge in [-0.05, 0) is 25.1 Å². The molecule has 0 fully saturated rings. The van der Waals surface area contributed by atoms with Crippen LogP contribution in [0.25, 0.3) is 0 Å². The second-order valence-corrected chi connectivity index (χ2v) is 9.88. The summed E-state index contributed by atoms with van der Waals surface area (Å²) >= 11 is 2.65. The number of anilines is 1. The molecule has 0 saturated heterocycles. The molecule has 1 aromatic heterocycles. The lowest BCUT2D eigenvalue weighted by molar-refractivity contribution is -0.385. The number of fused-ring (bicyclic) bond motifs is 5. The van der Waals surface area contributed by atoms with Crippen LogP contribution in [0.1, 0.15) is 21.9 Å². The molecule has 10 heteroatoms. The van der Waals surface area contributed by atoms with Crippen LogP contribution in [-0.4, -0.2) is 27.8 Å². The highest BCUT2D eigenvalue weighted by Gasteiger charge is 2.40. The van der Waals surface area contributed by atoms with Gasteiger partial charge in [-0.25, -0.2) is 0 Å². The van der Waals surface area contributed by atoms with Crippen LogP contribution in [0.5, 0.6) is 5.75 Å². The molecule has 2 aliphatic rings. The van der Waals surface area contributed by atoms with Crippen LogP contribution >= 0.6 is 23.1 Å².